The minimum absolute atomic E-state index is 0.136. The summed E-state index contributed by atoms with van der Waals surface area (Å²) in [5.74, 6) is -0.988. The molecule has 0 aliphatic heterocycles. The highest BCUT2D eigenvalue weighted by atomic mass is 16.4. The SMILES string of the molecule is NCCCCC(=O)[O-]. The van der Waals surface area contributed by atoms with Crippen molar-refractivity contribution in [2.75, 3.05) is 6.54 Å². The average molecular weight is 116 g/mol. The van der Waals surface area contributed by atoms with Gasteiger partial charge in [0, 0.05) is 5.97 Å². The van der Waals surface area contributed by atoms with Crippen molar-refractivity contribution in [2.24, 2.45) is 5.73 Å². The standard InChI is InChI=1S/C5H11NO2/c6-4-2-1-3-5(7)8/h1-4,6H2,(H,7,8)/p-1. The maximum atomic E-state index is 9.72. The van der Waals surface area contributed by atoms with E-state index in [1.54, 1.807) is 0 Å². The van der Waals surface area contributed by atoms with E-state index in [0.29, 0.717) is 13.0 Å². The molecule has 0 heterocycles. The first-order valence-electron chi connectivity index (χ1n) is 2.67. The van der Waals surface area contributed by atoms with Gasteiger partial charge in [-0.05, 0) is 25.8 Å². The van der Waals surface area contributed by atoms with Gasteiger partial charge in [-0.25, -0.2) is 0 Å². The Morgan fingerprint density at radius 1 is 1.50 bits per heavy atom. The summed E-state index contributed by atoms with van der Waals surface area (Å²) >= 11 is 0. The molecule has 0 aliphatic carbocycles. The molecule has 2 N–H and O–H groups in total. The van der Waals surface area contributed by atoms with Crippen molar-refractivity contribution in [3.63, 3.8) is 0 Å². The van der Waals surface area contributed by atoms with Crippen LogP contribution in [0.2, 0.25) is 0 Å². The lowest BCUT2D eigenvalue weighted by atomic mass is 10.2. The number of nitrogens with two attached hydrogens (primary N) is 1. The zero-order valence-corrected chi connectivity index (χ0v) is 4.72. The summed E-state index contributed by atoms with van der Waals surface area (Å²) in [6, 6.07) is 0. The fourth-order valence-corrected chi connectivity index (χ4v) is 0.414. The van der Waals surface area contributed by atoms with Crippen molar-refractivity contribution in [3.05, 3.63) is 0 Å². The number of unbranched alkanes of at least 4 members (excludes halogenated alkanes) is 1. The first-order chi connectivity index (χ1) is 3.77. The molecular weight excluding hydrogens is 106 g/mol. The van der Waals surface area contributed by atoms with Gasteiger partial charge < -0.3 is 15.6 Å². The van der Waals surface area contributed by atoms with E-state index in [9.17, 15) is 9.90 Å². The largest absolute Gasteiger partial charge is 0.550 e. The van der Waals surface area contributed by atoms with Gasteiger partial charge in [-0.2, -0.15) is 0 Å². The Bertz CT molecular complexity index is 72.8. The van der Waals surface area contributed by atoms with Crippen LogP contribution in [0, 0.1) is 0 Å². The maximum absolute atomic E-state index is 9.72. The topological polar surface area (TPSA) is 66.2 Å². The smallest absolute Gasteiger partial charge is 0.0414 e. The van der Waals surface area contributed by atoms with Crippen molar-refractivity contribution < 1.29 is 9.90 Å². The average Bonchev–Trinajstić information content (AvgIpc) is 1.66. The quantitative estimate of drug-likeness (QED) is 0.472. The number of rotatable bonds is 4. The second-order valence-electron chi connectivity index (χ2n) is 1.62. The highest BCUT2D eigenvalue weighted by Crippen LogP contribution is 1.89. The third kappa shape index (κ3) is 5.43. The number of hydrogen-bond acceptors (Lipinski definition) is 3. The van der Waals surface area contributed by atoms with Gasteiger partial charge in [0.05, 0.1) is 0 Å². The van der Waals surface area contributed by atoms with Crippen LogP contribution in [-0.4, -0.2) is 12.5 Å². The normalized spacial score (nSPS) is 9.12. The molecule has 0 aromatic rings. The second-order valence-corrected chi connectivity index (χ2v) is 1.62. The Morgan fingerprint density at radius 2 is 2.12 bits per heavy atom. The van der Waals surface area contributed by atoms with E-state index < -0.39 is 5.97 Å². The summed E-state index contributed by atoms with van der Waals surface area (Å²) < 4.78 is 0. The number of carbonyl (C=O) groups excluding carboxylic acids is 1. The maximum Gasteiger partial charge on any atom is 0.0414 e. The van der Waals surface area contributed by atoms with E-state index in [-0.39, 0.29) is 6.42 Å². The Labute approximate surface area is 48.5 Å². The van der Waals surface area contributed by atoms with Crippen molar-refractivity contribution in [1.82, 2.24) is 0 Å². The molecular formula is C5H10NO2-. The molecule has 0 aromatic heterocycles. The van der Waals surface area contributed by atoms with E-state index in [0.717, 1.165) is 6.42 Å². The number of carboxylic acid groups (broad SMARTS) is 1. The van der Waals surface area contributed by atoms with Gasteiger partial charge >= 0.3 is 0 Å². The van der Waals surface area contributed by atoms with E-state index in [1.807, 2.05) is 0 Å². The Kier molecular flexibility index (Phi) is 4.26. The lowest BCUT2D eigenvalue weighted by molar-refractivity contribution is -0.305. The van der Waals surface area contributed by atoms with E-state index >= 15 is 0 Å². The molecule has 0 saturated carbocycles. The summed E-state index contributed by atoms with van der Waals surface area (Å²) in [6.07, 6.45) is 1.55. The van der Waals surface area contributed by atoms with Gasteiger partial charge in [-0.3, -0.25) is 0 Å². The van der Waals surface area contributed by atoms with E-state index in [2.05, 4.69) is 0 Å². The van der Waals surface area contributed by atoms with Gasteiger partial charge in [-0.15, -0.1) is 0 Å². The number of carboxylic acids is 1. The summed E-state index contributed by atoms with van der Waals surface area (Å²) in [5.41, 5.74) is 5.10. The van der Waals surface area contributed by atoms with Crippen LogP contribution in [0.3, 0.4) is 0 Å². The third-order valence-electron chi connectivity index (χ3n) is 0.835. The highest BCUT2D eigenvalue weighted by molar-refractivity contribution is 5.63. The van der Waals surface area contributed by atoms with Crippen molar-refractivity contribution in [2.45, 2.75) is 19.3 Å². The van der Waals surface area contributed by atoms with Crippen molar-refractivity contribution in [3.8, 4) is 0 Å². The number of aliphatic carboxylic acids is 1. The highest BCUT2D eigenvalue weighted by Gasteiger charge is 1.84. The number of hydrogen-bond donors (Lipinski definition) is 1. The minimum atomic E-state index is -0.988. The zero-order valence-electron chi connectivity index (χ0n) is 4.72. The minimum Gasteiger partial charge on any atom is -0.550 e. The molecule has 8 heavy (non-hydrogen) atoms. The monoisotopic (exact) mass is 116 g/mol. The summed E-state index contributed by atoms with van der Waals surface area (Å²) in [7, 11) is 0. The van der Waals surface area contributed by atoms with Gasteiger partial charge in [0.15, 0.2) is 0 Å². The number of carbonyl (C=O) groups is 1. The van der Waals surface area contributed by atoms with E-state index in [1.165, 1.54) is 0 Å². The predicted octanol–water partition coefficient (Wildman–Crippen LogP) is -1.13. The Morgan fingerprint density at radius 3 is 2.50 bits per heavy atom. The van der Waals surface area contributed by atoms with Gasteiger partial charge in [0.2, 0.25) is 0 Å². The molecule has 0 spiro atoms. The summed E-state index contributed by atoms with van der Waals surface area (Å²) in [6.45, 7) is 0.563. The summed E-state index contributed by atoms with van der Waals surface area (Å²) in [4.78, 5) is 9.72. The molecule has 0 radical (unpaired) electrons. The third-order valence-corrected chi connectivity index (χ3v) is 0.835. The van der Waals surface area contributed by atoms with Crippen LogP contribution >= 0.6 is 0 Å². The molecule has 3 nitrogen and oxygen atoms in total. The van der Waals surface area contributed by atoms with Crippen LogP contribution in [0.4, 0.5) is 0 Å². The fourth-order valence-electron chi connectivity index (χ4n) is 0.414. The molecule has 0 aromatic carbocycles. The lowest BCUT2D eigenvalue weighted by Gasteiger charge is -1.97. The summed E-state index contributed by atoms with van der Waals surface area (Å²) in [5, 5.41) is 9.72. The van der Waals surface area contributed by atoms with Crippen LogP contribution in [0.25, 0.3) is 0 Å². The van der Waals surface area contributed by atoms with Crippen LogP contribution in [-0.2, 0) is 4.79 Å². The van der Waals surface area contributed by atoms with Gasteiger partial charge in [0.1, 0.15) is 0 Å². The first kappa shape index (κ1) is 7.43. The molecule has 0 unspecified atom stereocenters. The first-order valence-corrected chi connectivity index (χ1v) is 2.67. The molecule has 0 bridgehead atoms. The lowest BCUT2D eigenvalue weighted by Crippen LogP contribution is -2.21. The van der Waals surface area contributed by atoms with Crippen LogP contribution < -0.4 is 10.8 Å². The zero-order chi connectivity index (χ0) is 6.41. The molecule has 0 amide bonds. The molecule has 0 saturated heterocycles. The van der Waals surface area contributed by atoms with Gasteiger partial charge in [0.25, 0.3) is 0 Å². The van der Waals surface area contributed by atoms with Crippen LogP contribution in [0.5, 0.6) is 0 Å². The molecule has 3 heteroatoms. The predicted molar refractivity (Wildman–Crippen MR) is 27.9 cm³/mol. The van der Waals surface area contributed by atoms with Crippen molar-refractivity contribution >= 4 is 5.97 Å². The van der Waals surface area contributed by atoms with Crippen molar-refractivity contribution in [1.29, 1.82) is 0 Å². The van der Waals surface area contributed by atoms with Crippen LogP contribution in [0.15, 0.2) is 0 Å². The van der Waals surface area contributed by atoms with E-state index in [4.69, 9.17) is 5.73 Å². The molecule has 48 valence electrons. The molecule has 0 atom stereocenters. The van der Waals surface area contributed by atoms with Gasteiger partial charge in [-0.1, -0.05) is 0 Å². The Hall–Kier alpha value is -0.570. The Balaban J connectivity index is 2.82. The molecule has 0 fully saturated rings. The van der Waals surface area contributed by atoms with Crippen LogP contribution in [0.1, 0.15) is 19.3 Å². The second kappa shape index (κ2) is 4.59. The fraction of sp³-hybridized carbons (Fsp3) is 0.800. The molecule has 0 rings (SSSR count). The molecule has 0 aliphatic rings.